The molecule has 0 radical (unpaired) electrons. The summed E-state index contributed by atoms with van der Waals surface area (Å²) in [6.07, 6.45) is 0. The number of esters is 1. The van der Waals surface area contributed by atoms with Crippen molar-refractivity contribution < 1.29 is 19.1 Å². The lowest BCUT2D eigenvalue weighted by molar-refractivity contribution is -0.142. The maximum atomic E-state index is 11.6. The van der Waals surface area contributed by atoms with Gasteiger partial charge in [-0.15, -0.1) is 0 Å². The van der Waals surface area contributed by atoms with E-state index in [2.05, 4.69) is 20.7 Å². The first-order valence-corrected chi connectivity index (χ1v) is 5.95. The second kappa shape index (κ2) is 7.13. The summed E-state index contributed by atoms with van der Waals surface area (Å²) in [4.78, 5) is 33.6. The fraction of sp³-hybridized carbons (Fsp3) is 0.308. The zero-order valence-corrected chi connectivity index (χ0v) is 11.5. The van der Waals surface area contributed by atoms with Gasteiger partial charge >= 0.3 is 12.0 Å². The lowest BCUT2D eigenvalue weighted by Crippen LogP contribution is -2.41. The minimum absolute atomic E-state index is 0.171. The van der Waals surface area contributed by atoms with Gasteiger partial charge in [0.25, 0.3) is 0 Å². The zero-order chi connectivity index (χ0) is 15.1. The number of nitrogens with one attached hydrogen (secondary N) is 3. The molecule has 0 spiro atoms. The predicted molar refractivity (Wildman–Crippen MR) is 74.4 cm³/mol. The number of ether oxygens (including phenoxy) is 1. The molecule has 0 saturated heterocycles. The minimum atomic E-state index is -0.737. The number of carbonyl (C=O) groups is 3. The predicted octanol–water partition coefficient (Wildman–Crippen LogP) is 1.33. The Morgan fingerprint density at radius 2 is 1.55 bits per heavy atom. The molecule has 1 aromatic rings. The molecule has 108 valence electrons. The van der Waals surface area contributed by atoms with Crippen molar-refractivity contribution in [1.29, 1.82) is 0 Å². The molecule has 0 heterocycles. The molecule has 0 aromatic heterocycles. The Kier molecular flexibility index (Phi) is 5.52. The van der Waals surface area contributed by atoms with Gasteiger partial charge in [0.05, 0.1) is 7.11 Å². The Morgan fingerprint density at radius 3 is 2.00 bits per heavy atom. The molecule has 3 amide bonds. The molecule has 20 heavy (non-hydrogen) atoms. The highest BCUT2D eigenvalue weighted by Crippen LogP contribution is 2.13. The van der Waals surface area contributed by atoms with E-state index in [1.54, 1.807) is 24.3 Å². The van der Waals surface area contributed by atoms with Gasteiger partial charge in [0.1, 0.15) is 6.04 Å². The van der Waals surface area contributed by atoms with E-state index in [1.165, 1.54) is 21.0 Å². The zero-order valence-electron chi connectivity index (χ0n) is 11.5. The van der Waals surface area contributed by atoms with Crippen LogP contribution in [0.1, 0.15) is 13.8 Å². The van der Waals surface area contributed by atoms with Gasteiger partial charge in [0.15, 0.2) is 0 Å². The smallest absolute Gasteiger partial charge is 0.328 e. The summed E-state index contributed by atoms with van der Waals surface area (Å²) >= 11 is 0. The van der Waals surface area contributed by atoms with Crippen molar-refractivity contribution in [2.24, 2.45) is 0 Å². The van der Waals surface area contributed by atoms with Crippen molar-refractivity contribution in [3.05, 3.63) is 24.3 Å². The molecule has 0 aliphatic heterocycles. The van der Waals surface area contributed by atoms with Crippen molar-refractivity contribution in [2.45, 2.75) is 19.9 Å². The SMILES string of the molecule is COC(=O)C(C)NC(=O)Nc1ccc(NC(C)=O)cc1. The molecule has 0 aliphatic carbocycles. The Morgan fingerprint density at radius 1 is 1.05 bits per heavy atom. The summed E-state index contributed by atoms with van der Waals surface area (Å²) in [5.41, 5.74) is 1.17. The van der Waals surface area contributed by atoms with Gasteiger partial charge in [-0.05, 0) is 31.2 Å². The number of anilines is 2. The standard InChI is InChI=1S/C13H17N3O4/c1-8(12(18)20-3)14-13(19)16-11-6-4-10(5-7-11)15-9(2)17/h4-8H,1-3H3,(H,15,17)(H2,14,16,19). The van der Waals surface area contributed by atoms with Gasteiger partial charge in [-0.1, -0.05) is 0 Å². The first-order chi connectivity index (χ1) is 9.42. The highest BCUT2D eigenvalue weighted by atomic mass is 16.5. The van der Waals surface area contributed by atoms with E-state index >= 15 is 0 Å². The average Bonchev–Trinajstić information content (AvgIpc) is 2.39. The van der Waals surface area contributed by atoms with Crippen molar-refractivity contribution in [2.75, 3.05) is 17.7 Å². The number of hydrogen-bond acceptors (Lipinski definition) is 4. The summed E-state index contributed by atoms with van der Waals surface area (Å²) in [5.74, 6) is -0.698. The fourth-order valence-electron chi connectivity index (χ4n) is 1.44. The van der Waals surface area contributed by atoms with Gasteiger partial charge < -0.3 is 20.7 Å². The maximum absolute atomic E-state index is 11.6. The van der Waals surface area contributed by atoms with Crippen molar-refractivity contribution in [3.63, 3.8) is 0 Å². The Bertz CT molecular complexity index is 499. The lowest BCUT2D eigenvalue weighted by Gasteiger charge is -2.12. The van der Waals surface area contributed by atoms with Crippen LogP contribution >= 0.6 is 0 Å². The van der Waals surface area contributed by atoms with E-state index in [0.29, 0.717) is 11.4 Å². The highest BCUT2D eigenvalue weighted by molar-refractivity contribution is 5.93. The van der Waals surface area contributed by atoms with Crippen LogP contribution in [0.2, 0.25) is 0 Å². The topological polar surface area (TPSA) is 96.5 Å². The van der Waals surface area contributed by atoms with Crippen LogP contribution in [0.5, 0.6) is 0 Å². The molecule has 0 bridgehead atoms. The second-order valence-corrected chi connectivity index (χ2v) is 4.10. The van der Waals surface area contributed by atoms with Gasteiger partial charge in [0.2, 0.25) is 5.91 Å². The van der Waals surface area contributed by atoms with Gasteiger partial charge in [-0.3, -0.25) is 4.79 Å². The summed E-state index contributed by atoms with van der Waals surface area (Å²) in [6.45, 7) is 2.93. The van der Waals surface area contributed by atoms with Gasteiger partial charge in [-0.25, -0.2) is 9.59 Å². The number of hydrogen-bond donors (Lipinski definition) is 3. The van der Waals surface area contributed by atoms with Crippen LogP contribution in [0.4, 0.5) is 16.2 Å². The van der Waals surface area contributed by atoms with E-state index in [1.807, 2.05) is 0 Å². The largest absolute Gasteiger partial charge is 0.467 e. The van der Waals surface area contributed by atoms with E-state index in [-0.39, 0.29) is 5.91 Å². The number of methoxy groups -OCH3 is 1. The molecule has 1 unspecified atom stereocenters. The highest BCUT2D eigenvalue weighted by Gasteiger charge is 2.15. The molecule has 3 N–H and O–H groups in total. The molecular formula is C13H17N3O4. The van der Waals surface area contributed by atoms with E-state index in [0.717, 1.165) is 0 Å². The van der Waals surface area contributed by atoms with Crippen LogP contribution in [0.25, 0.3) is 0 Å². The van der Waals surface area contributed by atoms with Crippen LogP contribution in [-0.2, 0) is 14.3 Å². The van der Waals surface area contributed by atoms with Crippen molar-refractivity contribution in [3.8, 4) is 0 Å². The number of carbonyl (C=O) groups excluding carboxylic acids is 3. The summed E-state index contributed by atoms with van der Waals surface area (Å²) in [5, 5.41) is 7.60. The van der Waals surface area contributed by atoms with Crippen LogP contribution in [0, 0.1) is 0 Å². The lowest BCUT2D eigenvalue weighted by atomic mass is 10.3. The third-order valence-electron chi connectivity index (χ3n) is 2.37. The molecule has 1 aromatic carbocycles. The monoisotopic (exact) mass is 279 g/mol. The van der Waals surface area contributed by atoms with E-state index < -0.39 is 18.0 Å². The quantitative estimate of drug-likeness (QED) is 0.724. The van der Waals surface area contributed by atoms with E-state index in [9.17, 15) is 14.4 Å². The van der Waals surface area contributed by atoms with Gasteiger partial charge in [-0.2, -0.15) is 0 Å². The molecule has 0 saturated carbocycles. The fourth-order valence-corrected chi connectivity index (χ4v) is 1.44. The third kappa shape index (κ3) is 4.97. The van der Waals surface area contributed by atoms with Crippen LogP contribution in [-0.4, -0.2) is 31.1 Å². The summed E-state index contributed by atoms with van der Waals surface area (Å²) < 4.78 is 4.49. The molecule has 1 rings (SSSR count). The number of urea groups is 1. The molecular weight excluding hydrogens is 262 g/mol. The number of rotatable bonds is 4. The molecule has 7 nitrogen and oxygen atoms in total. The Hall–Kier alpha value is -2.57. The Balaban J connectivity index is 2.54. The summed E-state index contributed by atoms with van der Waals surface area (Å²) in [7, 11) is 1.25. The number of amides is 3. The van der Waals surface area contributed by atoms with Crippen LogP contribution < -0.4 is 16.0 Å². The molecule has 1 atom stereocenters. The Labute approximate surface area is 116 Å². The van der Waals surface area contributed by atoms with Gasteiger partial charge in [0, 0.05) is 18.3 Å². The molecule has 0 fully saturated rings. The average molecular weight is 279 g/mol. The van der Waals surface area contributed by atoms with Crippen molar-refractivity contribution in [1.82, 2.24) is 5.32 Å². The van der Waals surface area contributed by atoms with Crippen LogP contribution in [0.3, 0.4) is 0 Å². The first-order valence-electron chi connectivity index (χ1n) is 5.95. The summed E-state index contributed by atoms with van der Waals surface area (Å²) in [6, 6.07) is 5.32. The van der Waals surface area contributed by atoms with Crippen molar-refractivity contribution >= 4 is 29.3 Å². The maximum Gasteiger partial charge on any atom is 0.328 e. The van der Waals surface area contributed by atoms with E-state index in [4.69, 9.17) is 0 Å². The number of benzene rings is 1. The van der Waals surface area contributed by atoms with Crippen LogP contribution in [0.15, 0.2) is 24.3 Å². The minimum Gasteiger partial charge on any atom is -0.467 e. The molecule has 7 heteroatoms. The second-order valence-electron chi connectivity index (χ2n) is 4.10. The third-order valence-corrected chi connectivity index (χ3v) is 2.37. The first kappa shape index (κ1) is 15.5. The normalized spacial score (nSPS) is 11.2. The molecule has 0 aliphatic rings.